The minimum Gasteiger partial charge on any atom is -0.500 e. The Hall–Kier alpha value is -4.15. The van der Waals surface area contributed by atoms with E-state index in [1.54, 1.807) is 32.9 Å². The molecule has 313 valence electrons. The van der Waals surface area contributed by atoms with Crippen LogP contribution in [0.3, 0.4) is 0 Å². The van der Waals surface area contributed by atoms with Gasteiger partial charge in [-0.05, 0) is 120 Å². The van der Waals surface area contributed by atoms with Gasteiger partial charge >= 0.3 is 0 Å². The predicted molar refractivity (Wildman–Crippen MR) is 252 cm³/mol. The van der Waals surface area contributed by atoms with E-state index in [1.807, 2.05) is 66.9 Å². The zero-order valence-corrected chi connectivity index (χ0v) is 39.2. The molecule has 3 nitrogen and oxygen atoms in total. The summed E-state index contributed by atoms with van der Waals surface area (Å²) >= 11 is 0. The average Bonchev–Trinajstić information content (AvgIpc) is 3.68. The molecule has 2 saturated carbocycles. The van der Waals surface area contributed by atoms with Crippen LogP contribution in [-0.2, 0) is 26.5 Å². The van der Waals surface area contributed by atoms with Gasteiger partial charge in [-0.1, -0.05) is 131 Å². The zero-order valence-electron chi connectivity index (χ0n) is 44.8. The minimum atomic E-state index is -2.59. The standard InChI is InChI=1S/C41H46NO.C14H16NSi.Ir/c1-27-26-42-37(24-32(27)25-40(3,4)5)36-11-9-10-34-35-17-16-33(28(2)38(35)43-39(34)36)31-14-12-29(13-15-31)30-18-22-41(23-19-30)20-7-6-8-21-41;1-16(2,3)13-9-10-14(15-11-13)12-7-5-4-6-8-12;/h9-10,12-17,24,26,30H,6-8,18-23,25H2,1-5H3;4-7,9-11H,1-3H3;/q2*-1;/i1D3,2D3,25D2,30D;;. The summed E-state index contributed by atoms with van der Waals surface area (Å²) in [5.41, 5.74) is 4.87. The first-order valence-corrected chi connectivity index (χ1v) is 24.8. The van der Waals surface area contributed by atoms with Gasteiger partial charge in [-0.15, -0.1) is 54.1 Å². The molecule has 3 heterocycles. The van der Waals surface area contributed by atoms with Crippen molar-refractivity contribution in [2.75, 3.05) is 0 Å². The summed E-state index contributed by atoms with van der Waals surface area (Å²) in [7, 11) is -1.23. The first kappa shape index (κ1) is 33.5. The molecule has 60 heavy (non-hydrogen) atoms. The van der Waals surface area contributed by atoms with Crippen LogP contribution in [0.1, 0.15) is 119 Å². The van der Waals surface area contributed by atoms with E-state index in [2.05, 4.69) is 53.9 Å². The number of hydrogen-bond acceptors (Lipinski definition) is 3. The summed E-state index contributed by atoms with van der Waals surface area (Å²) < 4.78 is 84.0. The first-order chi connectivity index (χ1) is 31.8. The van der Waals surface area contributed by atoms with Crippen molar-refractivity contribution < 1.29 is 36.9 Å². The molecule has 0 amide bonds. The van der Waals surface area contributed by atoms with E-state index in [0.717, 1.165) is 48.1 Å². The van der Waals surface area contributed by atoms with Crippen LogP contribution >= 0.6 is 0 Å². The molecular formula is C55H62IrN2OSi-2. The van der Waals surface area contributed by atoms with E-state index < -0.39 is 39.5 Å². The molecule has 2 fully saturated rings. The summed E-state index contributed by atoms with van der Waals surface area (Å²) in [6.07, 6.45) is 11.6. The van der Waals surface area contributed by atoms with Gasteiger partial charge in [-0.2, -0.15) is 0 Å². The fourth-order valence-electron chi connectivity index (χ4n) is 8.94. The summed E-state index contributed by atoms with van der Waals surface area (Å²) in [5.74, 6) is -0.647. The van der Waals surface area contributed by atoms with Crippen LogP contribution in [0.5, 0.6) is 0 Å². The van der Waals surface area contributed by atoms with Gasteiger partial charge in [0.1, 0.15) is 5.58 Å². The van der Waals surface area contributed by atoms with Crippen LogP contribution in [0.25, 0.3) is 55.6 Å². The van der Waals surface area contributed by atoms with Crippen LogP contribution in [-0.4, -0.2) is 18.0 Å². The van der Waals surface area contributed by atoms with Gasteiger partial charge < -0.3 is 14.4 Å². The molecule has 1 spiro atoms. The molecule has 0 bridgehead atoms. The first-order valence-electron chi connectivity index (χ1n) is 25.8. The fraction of sp³-hybridized carbons (Fsp3) is 0.382. The molecule has 5 heteroatoms. The Kier molecular flexibility index (Phi) is 10.1. The van der Waals surface area contributed by atoms with Crippen LogP contribution in [0.2, 0.25) is 19.6 Å². The van der Waals surface area contributed by atoms with Gasteiger partial charge in [0.2, 0.25) is 0 Å². The van der Waals surface area contributed by atoms with Crippen molar-refractivity contribution >= 4 is 35.2 Å². The van der Waals surface area contributed by atoms with Gasteiger partial charge in [-0.25, -0.2) is 0 Å². The normalized spacial score (nSPS) is 19.1. The van der Waals surface area contributed by atoms with Crippen LogP contribution in [0.15, 0.2) is 108 Å². The maximum absolute atomic E-state index is 9.40. The van der Waals surface area contributed by atoms with E-state index in [9.17, 15) is 1.37 Å². The molecule has 0 unspecified atom stereocenters. The monoisotopic (exact) mass is 996 g/mol. The molecule has 9 rings (SSSR count). The van der Waals surface area contributed by atoms with Crippen LogP contribution in [0.4, 0.5) is 0 Å². The van der Waals surface area contributed by atoms with Gasteiger partial charge in [0.15, 0.2) is 0 Å². The summed E-state index contributed by atoms with van der Waals surface area (Å²) in [4.78, 5) is 8.98. The van der Waals surface area contributed by atoms with Gasteiger partial charge in [0, 0.05) is 50.2 Å². The Morgan fingerprint density at radius 3 is 2.20 bits per heavy atom. The van der Waals surface area contributed by atoms with Gasteiger partial charge in [-0.3, -0.25) is 0 Å². The molecule has 1 radical (unpaired) electrons. The van der Waals surface area contributed by atoms with E-state index in [-0.39, 0.29) is 48.1 Å². The zero-order chi connectivity index (χ0) is 49.1. The third-order valence-corrected chi connectivity index (χ3v) is 14.3. The van der Waals surface area contributed by atoms with Crippen molar-refractivity contribution in [2.24, 2.45) is 10.8 Å². The maximum Gasteiger partial charge on any atom is 0.124 e. The summed E-state index contributed by atoms with van der Waals surface area (Å²) in [5, 5.41) is 2.64. The second kappa shape index (κ2) is 18.1. The Labute approximate surface area is 386 Å². The number of furan rings is 1. The number of hydrogen-bond donors (Lipinski definition) is 0. The number of rotatable bonds is 6. The van der Waals surface area contributed by atoms with Crippen molar-refractivity contribution in [1.29, 1.82) is 0 Å². The molecule has 3 aromatic heterocycles. The molecule has 4 aromatic carbocycles. The summed E-state index contributed by atoms with van der Waals surface area (Å²) in [6.45, 7) is 7.03. The minimum absolute atomic E-state index is 0. The topological polar surface area (TPSA) is 38.9 Å². The number of pyridine rings is 2. The van der Waals surface area contributed by atoms with E-state index in [4.69, 9.17) is 15.4 Å². The fourth-order valence-corrected chi connectivity index (χ4v) is 9.98. The third-order valence-electron chi connectivity index (χ3n) is 12.3. The Morgan fingerprint density at radius 1 is 0.800 bits per heavy atom. The molecule has 2 aliphatic rings. The third kappa shape index (κ3) is 9.65. The molecule has 0 atom stereocenters. The van der Waals surface area contributed by atoms with Crippen molar-refractivity contribution in [1.82, 2.24) is 9.97 Å². The molecule has 0 saturated heterocycles. The smallest absolute Gasteiger partial charge is 0.124 e. The molecular weight excluding hydrogens is 925 g/mol. The Bertz CT molecular complexity index is 2900. The van der Waals surface area contributed by atoms with Crippen molar-refractivity contribution in [3.05, 3.63) is 138 Å². The van der Waals surface area contributed by atoms with Crippen molar-refractivity contribution in [3.63, 3.8) is 0 Å². The number of aromatic nitrogens is 2. The van der Waals surface area contributed by atoms with Crippen LogP contribution < -0.4 is 5.19 Å². The molecule has 2 aliphatic carbocycles. The number of aryl methyl sites for hydroxylation is 2. The van der Waals surface area contributed by atoms with Crippen LogP contribution in [0, 0.1) is 36.7 Å². The van der Waals surface area contributed by atoms with Crippen molar-refractivity contribution in [2.45, 2.75) is 124 Å². The maximum atomic E-state index is 9.40. The Morgan fingerprint density at radius 2 is 1.55 bits per heavy atom. The molecule has 0 N–H and O–H groups in total. The van der Waals surface area contributed by atoms with Gasteiger partial charge in [0.05, 0.1) is 13.7 Å². The van der Waals surface area contributed by atoms with Crippen molar-refractivity contribution in [3.8, 4) is 33.6 Å². The predicted octanol–water partition coefficient (Wildman–Crippen LogP) is 15.0. The number of benzene rings is 4. The van der Waals surface area contributed by atoms with E-state index in [0.29, 0.717) is 32.9 Å². The van der Waals surface area contributed by atoms with Gasteiger partial charge in [0.25, 0.3) is 0 Å². The SMILES string of the molecule is C[Si](C)(C)c1ccc(-c2[c-]cccc2)nc1.[2H]C([2H])([2H])c1cnc(-c2[c-]ccc3c2oc2c(C([2H])([2H])[2H])c(-c4ccc(C5([2H])CCC6(CCCCC6)CC5)cc4)ccc23)cc1C([2H])([2H])C(C)(C)C.[Ir]. The second-order valence-electron chi connectivity index (χ2n) is 18.8. The Balaban J connectivity index is 0.000000350. The average molecular weight is 996 g/mol. The van der Waals surface area contributed by atoms with E-state index in [1.165, 1.54) is 49.6 Å². The summed E-state index contributed by atoms with van der Waals surface area (Å²) in [6, 6.07) is 35.0. The number of nitrogens with zero attached hydrogens (tertiary/aromatic N) is 2. The largest absolute Gasteiger partial charge is 0.500 e. The quantitative estimate of drug-likeness (QED) is 0.123. The molecule has 0 aliphatic heterocycles. The molecule has 7 aromatic rings. The van der Waals surface area contributed by atoms with E-state index >= 15 is 0 Å². The second-order valence-corrected chi connectivity index (χ2v) is 23.8. The number of fused-ring (bicyclic) bond motifs is 3.